The summed E-state index contributed by atoms with van der Waals surface area (Å²) >= 11 is 0. The highest BCUT2D eigenvalue weighted by Crippen LogP contribution is 2.29. The van der Waals surface area contributed by atoms with Gasteiger partial charge in [0.05, 0.1) is 42.7 Å². The van der Waals surface area contributed by atoms with E-state index in [4.69, 9.17) is 15.1 Å². The number of carbonyl (C=O) groups excluding carboxylic acids is 1. The van der Waals surface area contributed by atoms with E-state index in [2.05, 4.69) is 37.3 Å². The van der Waals surface area contributed by atoms with Crippen molar-refractivity contribution < 1.29 is 14.2 Å². The molecule has 2 aromatic heterocycles. The SMILES string of the molecule is BOC1CCc2cc(-c3cnc(N)c(C(=O)Nc4cnccc4N4CCOCC4)n3)ccc2C1. The third-order valence-corrected chi connectivity index (χ3v) is 6.43. The lowest BCUT2D eigenvalue weighted by atomic mass is 9.88. The third-order valence-electron chi connectivity index (χ3n) is 6.43. The molecule has 1 aliphatic carbocycles. The number of fused-ring (bicyclic) bond motifs is 1. The van der Waals surface area contributed by atoms with Crippen LogP contribution in [0.5, 0.6) is 0 Å². The number of anilines is 3. The molecule has 0 bridgehead atoms. The largest absolute Gasteiger partial charge is 0.441 e. The first-order valence-corrected chi connectivity index (χ1v) is 11.5. The molecule has 1 unspecified atom stereocenters. The Morgan fingerprint density at radius 1 is 1.21 bits per heavy atom. The Kier molecular flexibility index (Phi) is 6.42. The quantitative estimate of drug-likeness (QED) is 0.555. The number of nitrogen functional groups attached to an aromatic ring is 1. The first-order chi connectivity index (χ1) is 16.6. The van der Waals surface area contributed by atoms with E-state index in [1.165, 1.54) is 11.1 Å². The molecule has 1 saturated heterocycles. The van der Waals surface area contributed by atoms with Crippen molar-refractivity contribution in [2.24, 2.45) is 0 Å². The summed E-state index contributed by atoms with van der Waals surface area (Å²) in [6, 6.07) is 8.13. The standard InChI is InChI=1S/C24H27BN6O3/c25-34-18-4-3-15-11-17(2-1-16(15)12-18)19-14-28-23(26)22(29-19)24(32)30-20-13-27-6-5-21(20)31-7-9-33-10-8-31/h1-2,5-6,11,13-14,18H,3-4,7-10,12,25H2,(H2,26,28)(H,30,32). The van der Waals surface area contributed by atoms with Gasteiger partial charge in [-0.2, -0.15) is 0 Å². The number of ether oxygens (including phenoxy) is 1. The Morgan fingerprint density at radius 3 is 2.88 bits per heavy atom. The van der Waals surface area contributed by atoms with E-state index >= 15 is 0 Å². The second-order valence-electron chi connectivity index (χ2n) is 8.52. The monoisotopic (exact) mass is 458 g/mol. The molecular formula is C24H27BN6O3. The van der Waals surface area contributed by atoms with Gasteiger partial charge < -0.3 is 25.3 Å². The normalized spacial score (nSPS) is 17.8. The maximum absolute atomic E-state index is 13.2. The van der Waals surface area contributed by atoms with Crippen LogP contribution in [-0.4, -0.2) is 61.3 Å². The summed E-state index contributed by atoms with van der Waals surface area (Å²) in [7, 11) is 1.76. The predicted molar refractivity (Wildman–Crippen MR) is 133 cm³/mol. The Hall–Kier alpha value is -3.50. The summed E-state index contributed by atoms with van der Waals surface area (Å²) in [6.07, 6.45) is 8.06. The van der Waals surface area contributed by atoms with E-state index in [0.717, 1.165) is 43.6 Å². The average molecular weight is 458 g/mol. The van der Waals surface area contributed by atoms with Gasteiger partial charge in [0.2, 0.25) is 0 Å². The summed E-state index contributed by atoms with van der Waals surface area (Å²) in [6.45, 7) is 2.77. The molecule has 0 saturated carbocycles. The van der Waals surface area contributed by atoms with Crippen molar-refractivity contribution in [3.8, 4) is 11.3 Å². The smallest absolute Gasteiger partial charge is 0.278 e. The number of hydrogen-bond donors (Lipinski definition) is 2. The fourth-order valence-electron chi connectivity index (χ4n) is 4.53. The zero-order chi connectivity index (χ0) is 23.5. The van der Waals surface area contributed by atoms with E-state index in [9.17, 15) is 4.79 Å². The first kappa shape index (κ1) is 22.3. The van der Waals surface area contributed by atoms with E-state index in [-0.39, 0.29) is 17.6 Å². The highest BCUT2D eigenvalue weighted by Gasteiger charge is 2.21. The van der Waals surface area contributed by atoms with Crippen LogP contribution in [-0.2, 0) is 22.2 Å². The van der Waals surface area contributed by atoms with Gasteiger partial charge in [0.1, 0.15) is 0 Å². The lowest BCUT2D eigenvalue weighted by molar-refractivity contribution is 0.102. The maximum Gasteiger partial charge on any atom is 0.278 e. The number of aryl methyl sites for hydroxylation is 1. The molecule has 2 aliphatic rings. The fraction of sp³-hybridized carbons (Fsp3) is 0.333. The van der Waals surface area contributed by atoms with E-state index in [1.54, 1.807) is 26.6 Å². The Balaban J connectivity index is 1.39. The number of pyridine rings is 1. The summed E-state index contributed by atoms with van der Waals surface area (Å²) in [5, 5.41) is 2.92. The molecule has 3 N–H and O–H groups in total. The lowest BCUT2D eigenvalue weighted by Crippen LogP contribution is -2.36. The summed E-state index contributed by atoms with van der Waals surface area (Å²) in [4.78, 5) is 28.4. The van der Waals surface area contributed by atoms with Crippen molar-refractivity contribution in [1.29, 1.82) is 0 Å². The molecule has 10 heteroatoms. The van der Waals surface area contributed by atoms with Crippen LogP contribution in [0.15, 0.2) is 42.9 Å². The molecule has 1 amide bonds. The van der Waals surface area contributed by atoms with Gasteiger partial charge in [0, 0.05) is 31.0 Å². The molecule has 174 valence electrons. The van der Waals surface area contributed by atoms with Crippen molar-refractivity contribution in [3.05, 3.63) is 59.7 Å². The second-order valence-corrected chi connectivity index (χ2v) is 8.52. The number of rotatable bonds is 5. The van der Waals surface area contributed by atoms with Crippen LogP contribution < -0.4 is 16.0 Å². The Morgan fingerprint density at radius 2 is 2.06 bits per heavy atom. The highest BCUT2D eigenvalue weighted by atomic mass is 16.5. The lowest BCUT2D eigenvalue weighted by Gasteiger charge is -2.30. The number of carbonyl (C=O) groups is 1. The zero-order valence-electron chi connectivity index (χ0n) is 19.2. The number of aromatic nitrogens is 3. The van der Waals surface area contributed by atoms with E-state index < -0.39 is 5.91 Å². The van der Waals surface area contributed by atoms with Crippen LogP contribution in [0.25, 0.3) is 11.3 Å². The third kappa shape index (κ3) is 4.60. The molecule has 1 fully saturated rings. The summed E-state index contributed by atoms with van der Waals surface area (Å²) < 4.78 is 11.0. The van der Waals surface area contributed by atoms with Gasteiger partial charge in [0.25, 0.3) is 14.0 Å². The zero-order valence-corrected chi connectivity index (χ0v) is 19.2. The molecule has 1 aromatic carbocycles. The van der Waals surface area contributed by atoms with E-state index in [0.29, 0.717) is 24.6 Å². The molecule has 0 spiro atoms. The molecule has 5 rings (SSSR count). The molecule has 9 nitrogen and oxygen atoms in total. The number of benzene rings is 1. The van der Waals surface area contributed by atoms with Crippen molar-refractivity contribution in [2.75, 3.05) is 42.3 Å². The number of nitrogens with two attached hydrogens (primary N) is 1. The van der Waals surface area contributed by atoms with Crippen molar-refractivity contribution in [1.82, 2.24) is 15.0 Å². The Bertz CT molecular complexity index is 1200. The van der Waals surface area contributed by atoms with Gasteiger partial charge in [-0.15, -0.1) is 0 Å². The van der Waals surface area contributed by atoms with Crippen LogP contribution >= 0.6 is 0 Å². The minimum atomic E-state index is -0.421. The number of morpholine rings is 1. The number of hydrogen-bond acceptors (Lipinski definition) is 8. The van der Waals surface area contributed by atoms with Gasteiger partial charge in [-0.3, -0.25) is 9.78 Å². The van der Waals surface area contributed by atoms with Gasteiger partial charge in [-0.05, 0) is 42.5 Å². The predicted octanol–water partition coefficient (Wildman–Crippen LogP) is 1.63. The molecule has 34 heavy (non-hydrogen) atoms. The van der Waals surface area contributed by atoms with E-state index in [1.807, 2.05) is 12.1 Å². The molecule has 1 atom stereocenters. The molecule has 3 aromatic rings. The van der Waals surface area contributed by atoms with Crippen molar-refractivity contribution in [3.63, 3.8) is 0 Å². The topological polar surface area (TPSA) is 115 Å². The highest BCUT2D eigenvalue weighted by molar-refractivity contribution is 6.07. The fourth-order valence-corrected chi connectivity index (χ4v) is 4.53. The van der Waals surface area contributed by atoms with Gasteiger partial charge in [-0.1, -0.05) is 12.1 Å². The van der Waals surface area contributed by atoms with Crippen LogP contribution in [0.4, 0.5) is 17.2 Å². The second kappa shape index (κ2) is 9.78. The molecular weight excluding hydrogens is 431 g/mol. The summed E-state index contributed by atoms with van der Waals surface area (Å²) in [5.74, 6) is -0.339. The van der Waals surface area contributed by atoms with Crippen LogP contribution in [0.2, 0.25) is 0 Å². The van der Waals surface area contributed by atoms with Crippen LogP contribution in [0, 0.1) is 0 Å². The van der Waals surface area contributed by atoms with Gasteiger partial charge >= 0.3 is 0 Å². The number of nitrogens with zero attached hydrogens (tertiary/aromatic N) is 4. The number of nitrogens with one attached hydrogen (secondary N) is 1. The van der Waals surface area contributed by atoms with Crippen molar-refractivity contribution >= 4 is 31.1 Å². The maximum atomic E-state index is 13.2. The first-order valence-electron chi connectivity index (χ1n) is 11.5. The minimum Gasteiger partial charge on any atom is -0.441 e. The average Bonchev–Trinajstić information content (AvgIpc) is 2.89. The molecule has 3 heterocycles. The molecule has 0 radical (unpaired) electrons. The summed E-state index contributed by atoms with van der Waals surface area (Å²) in [5.41, 5.74) is 11.7. The van der Waals surface area contributed by atoms with Crippen molar-refractivity contribution in [2.45, 2.75) is 25.4 Å². The van der Waals surface area contributed by atoms with Gasteiger partial charge in [0.15, 0.2) is 11.5 Å². The van der Waals surface area contributed by atoms with Gasteiger partial charge in [-0.25, -0.2) is 9.97 Å². The van der Waals surface area contributed by atoms with Crippen LogP contribution in [0.3, 0.4) is 0 Å². The minimum absolute atomic E-state index is 0.0824. The molecule has 1 aliphatic heterocycles. The Labute approximate surface area is 199 Å². The van der Waals surface area contributed by atoms with Crippen LogP contribution in [0.1, 0.15) is 28.0 Å². The number of amides is 1.